The lowest BCUT2D eigenvalue weighted by molar-refractivity contribution is 0.170. The molecule has 1 aromatic carbocycles. The third-order valence-corrected chi connectivity index (χ3v) is 2.39. The molecule has 2 N–H and O–H groups in total. The van der Waals surface area contributed by atoms with Gasteiger partial charge in [0.2, 0.25) is 0 Å². The molecule has 0 amide bonds. The molecule has 0 aromatic heterocycles. The first-order valence-electron chi connectivity index (χ1n) is 4.23. The Balaban J connectivity index is 2.41. The van der Waals surface area contributed by atoms with Crippen molar-refractivity contribution in [2.24, 2.45) is 0 Å². The van der Waals surface area contributed by atoms with Crippen LogP contribution < -0.4 is 0 Å². The Morgan fingerprint density at radius 3 is 2.69 bits per heavy atom. The van der Waals surface area contributed by atoms with E-state index in [-0.39, 0.29) is 12.4 Å². The van der Waals surface area contributed by atoms with E-state index in [0.717, 1.165) is 5.56 Å². The summed E-state index contributed by atoms with van der Waals surface area (Å²) in [6.45, 7) is 2.31. The molecule has 13 heavy (non-hydrogen) atoms. The standard InChI is InChI=1S/C10H12O3/c1-7-2-3-8(9(12)4-7)10(5-11)6-13-10/h2-4,11-12H,5-6H2,1H3/t10-/m0/s1. The Bertz CT molecular complexity index is 329. The van der Waals surface area contributed by atoms with Gasteiger partial charge in [-0.3, -0.25) is 0 Å². The van der Waals surface area contributed by atoms with Gasteiger partial charge in [0.05, 0.1) is 13.2 Å². The summed E-state index contributed by atoms with van der Waals surface area (Å²) in [4.78, 5) is 0. The van der Waals surface area contributed by atoms with Crippen LogP contribution >= 0.6 is 0 Å². The topological polar surface area (TPSA) is 53.0 Å². The molecule has 3 nitrogen and oxygen atoms in total. The fourth-order valence-corrected chi connectivity index (χ4v) is 1.45. The molecule has 1 heterocycles. The number of hydrogen-bond acceptors (Lipinski definition) is 3. The van der Waals surface area contributed by atoms with Crippen LogP contribution in [0.15, 0.2) is 18.2 Å². The number of rotatable bonds is 2. The quantitative estimate of drug-likeness (QED) is 0.665. The Morgan fingerprint density at radius 1 is 1.54 bits per heavy atom. The number of aryl methyl sites for hydroxylation is 1. The molecule has 0 bridgehead atoms. The van der Waals surface area contributed by atoms with Gasteiger partial charge in [-0.1, -0.05) is 12.1 Å². The van der Waals surface area contributed by atoms with Gasteiger partial charge in [-0.15, -0.1) is 0 Å². The minimum Gasteiger partial charge on any atom is -0.508 e. The number of aromatic hydroxyl groups is 1. The summed E-state index contributed by atoms with van der Waals surface area (Å²) in [5.41, 5.74) is 1.05. The van der Waals surface area contributed by atoms with Crippen molar-refractivity contribution in [3.8, 4) is 5.75 Å². The van der Waals surface area contributed by atoms with Crippen LogP contribution in [-0.4, -0.2) is 23.4 Å². The maximum absolute atomic E-state index is 9.61. The number of phenolic OH excluding ortho intramolecular Hbond substituents is 1. The van der Waals surface area contributed by atoms with Crippen molar-refractivity contribution in [1.82, 2.24) is 0 Å². The first-order chi connectivity index (χ1) is 6.18. The van der Waals surface area contributed by atoms with E-state index in [2.05, 4.69) is 0 Å². The summed E-state index contributed by atoms with van der Waals surface area (Å²) in [6.07, 6.45) is 0. The Hall–Kier alpha value is -1.06. The lowest BCUT2D eigenvalue weighted by atomic mass is 9.98. The number of phenols is 1. The van der Waals surface area contributed by atoms with Crippen LogP contribution in [-0.2, 0) is 10.3 Å². The minimum absolute atomic E-state index is 0.0797. The van der Waals surface area contributed by atoms with Crippen LogP contribution in [0.4, 0.5) is 0 Å². The molecule has 1 aliphatic rings. The molecule has 0 unspecified atom stereocenters. The fraction of sp³-hybridized carbons (Fsp3) is 0.400. The summed E-state index contributed by atoms with van der Waals surface area (Å²) in [7, 11) is 0. The zero-order chi connectivity index (χ0) is 9.47. The number of aliphatic hydroxyl groups is 1. The van der Waals surface area contributed by atoms with Crippen LogP contribution in [0.3, 0.4) is 0 Å². The third-order valence-electron chi connectivity index (χ3n) is 2.39. The molecule has 1 fully saturated rings. The van der Waals surface area contributed by atoms with E-state index in [1.54, 1.807) is 12.1 Å². The molecular formula is C10H12O3. The lowest BCUT2D eigenvalue weighted by Crippen LogP contribution is -2.14. The lowest BCUT2D eigenvalue weighted by Gasteiger charge is -2.10. The summed E-state index contributed by atoms with van der Waals surface area (Å²) >= 11 is 0. The smallest absolute Gasteiger partial charge is 0.143 e. The van der Waals surface area contributed by atoms with Gasteiger partial charge in [-0.05, 0) is 18.6 Å². The van der Waals surface area contributed by atoms with Crippen molar-refractivity contribution in [2.45, 2.75) is 12.5 Å². The van der Waals surface area contributed by atoms with E-state index in [0.29, 0.717) is 12.2 Å². The van der Waals surface area contributed by atoms with Crippen molar-refractivity contribution in [1.29, 1.82) is 0 Å². The highest BCUT2D eigenvalue weighted by Gasteiger charge is 2.47. The van der Waals surface area contributed by atoms with Crippen molar-refractivity contribution in [2.75, 3.05) is 13.2 Å². The van der Waals surface area contributed by atoms with E-state index in [4.69, 9.17) is 9.84 Å². The minimum atomic E-state index is -0.627. The maximum atomic E-state index is 9.61. The molecule has 1 saturated heterocycles. The fourth-order valence-electron chi connectivity index (χ4n) is 1.45. The summed E-state index contributed by atoms with van der Waals surface area (Å²) in [6, 6.07) is 5.37. The number of epoxide rings is 1. The largest absolute Gasteiger partial charge is 0.508 e. The average Bonchev–Trinajstić information content (AvgIpc) is 2.85. The first kappa shape index (κ1) is 8.53. The predicted octanol–water partition coefficient (Wildman–Crippen LogP) is 0.918. The molecule has 1 atom stereocenters. The highest BCUT2D eigenvalue weighted by atomic mass is 16.6. The number of ether oxygens (including phenoxy) is 1. The molecule has 70 valence electrons. The molecular weight excluding hydrogens is 168 g/mol. The second kappa shape index (κ2) is 2.72. The summed E-state index contributed by atoms with van der Waals surface area (Å²) in [5, 5.41) is 18.7. The normalized spacial score (nSPS) is 26.0. The predicted molar refractivity (Wildman–Crippen MR) is 47.6 cm³/mol. The average molecular weight is 180 g/mol. The van der Waals surface area contributed by atoms with Gasteiger partial charge in [0, 0.05) is 5.56 Å². The SMILES string of the molecule is Cc1ccc([C@]2(CO)CO2)c(O)c1. The zero-order valence-corrected chi connectivity index (χ0v) is 7.45. The Morgan fingerprint density at radius 2 is 2.23 bits per heavy atom. The number of aliphatic hydroxyl groups excluding tert-OH is 1. The van der Waals surface area contributed by atoms with Gasteiger partial charge in [-0.2, -0.15) is 0 Å². The third kappa shape index (κ3) is 1.30. The van der Waals surface area contributed by atoms with Crippen LogP contribution in [0.25, 0.3) is 0 Å². The molecule has 0 aliphatic carbocycles. The van der Waals surface area contributed by atoms with Gasteiger partial charge >= 0.3 is 0 Å². The molecule has 3 heteroatoms. The van der Waals surface area contributed by atoms with Crippen molar-refractivity contribution in [3.05, 3.63) is 29.3 Å². The second-order valence-electron chi connectivity index (χ2n) is 3.46. The zero-order valence-electron chi connectivity index (χ0n) is 7.45. The number of hydrogen-bond donors (Lipinski definition) is 2. The van der Waals surface area contributed by atoms with Crippen molar-refractivity contribution >= 4 is 0 Å². The summed E-state index contributed by atoms with van der Waals surface area (Å²) < 4.78 is 5.14. The molecule has 2 rings (SSSR count). The van der Waals surface area contributed by atoms with E-state index < -0.39 is 5.60 Å². The monoisotopic (exact) mass is 180 g/mol. The summed E-state index contributed by atoms with van der Waals surface area (Å²) in [5.74, 6) is 0.201. The molecule has 1 aromatic rings. The molecule has 0 saturated carbocycles. The second-order valence-corrected chi connectivity index (χ2v) is 3.46. The van der Waals surface area contributed by atoms with E-state index in [9.17, 15) is 5.11 Å². The van der Waals surface area contributed by atoms with Crippen LogP contribution in [0.1, 0.15) is 11.1 Å². The maximum Gasteiger partial charge on any atom is 0.143 e. The van der Waals surface area contributed by atoms with Crippen molar-refractivity contribution < 1.29 is 14.9 Å². The van der Waals surface area contributed by atoms with Gasteiger partial charge in [0.1, 0.15) is 11.4 Å². The van der Waals surface area contributed by atoms with Crippen LogP contribution in [0, 0.1) is 6.92 Å². The van der Waals surface area contributed by atoms with Crippen LogP contribution in [0.5, 0.6) is 5.75 Å². The molecule has 0 radical (unpaired) electrons. The van der Waals surface area contributed by atoms with E-state index in [1.165, 1.54) is 0 Å². The van der Waals surface area contributed by atoms with E-state index >= 15 is 0 Å². The highest BCUT2D eigenvalue weighted by Crippen LogP contribution is 2.42. The Labute approximate surface area is 76.6 Å². The molecule has 1 aliphatic heterocycles. The van der Waals surface area contributed by atoms with Gasteiger partial charge < -0.3 is 14.9 Å². The highest BCUT2D eigenvalue weighted by molar-refractivity contribution is 5.42. The van der Waals surface area contributed by atoms with Gasteiger partial charge in [-0.25, -0.2) is 0 Å². The Kier molecular flexibility index (Phi) is 1.78. The van der Waals surface area contributed by atoms with Gasteiger partial charge in [0.15, 0.2) is 0 Å². The van der Waals surface area contributed by atoms with E-state index in [1.807, 2.05) is 13.0 Å². The van der Waals surface area contributed by atoms with Crippen molar-refractivity contribution in [3.63, 3.8) is 0 Å². The number of benzene rings is 1. The molecule has 0 spiro atoms. The van der Waals surface area contributed by atoms with Crippen LogP contribution in [0.2, 0.25) is 0 Å². The van der Waals surface area contributed by atoms with Gasteiger partial charge in [0.25, 0.3) is 0 Å². The first-order valence-corrected chi connectivity index (χ1v) is 4.23.